The van der Waals surface area contributed by atoms with Gasteiger partial charge in [0.1, 0.15) is 17.2 Å². The molecule has 0 saturated heterocycles. The Bertz CT molecular complexity index is 786. The maximum atomic E-state index is 6.09. The van der Waals surface area contributed by atoms with E-state index in [-0.39, 0.29) is 6.17 Å². The Kier molecular flexibility index (Phi) is 4.09. The lowest BCUT2D eigenvalue weighted by Crippen LogP contribution is -2.41. The fraction of sp³-hybridized carbons (Fsp3) is 0.412. The number of rotatable bonds is 4. The smallest absolute Gasteiger partial charge is 0.160 e. The van der Waals surface area contributed by atoms with Gasteiger partial charge in [-0.3, -0.25) is 0 Å². The van der Waals surface area contributed by atoms with Crippen molar-refractivity contribution < 1.29 is 0 Å². The minimum Gasteiger partial charge on any atom is -0.385 e. The highest BCUT2D eigenvalue weighted by molar-refractivity contribution is 5.79. The topological polar surface area (TPSA) is 86.0 Å². The molecule has 3 rings (SSSR count). The van der Waals surface area contributed by atoms with Crippen molar-refractivity contribution in [3.63, 3.8) is 0 Å². The van der Waals surface area contributed by atoms with E-state index in [9.17, 15) is 0 Å². The number of aromatic nitrogens is 3. The second-order valence-corrected chi connectivity index (χ2v) is 6.00. The first kappa shape index (κ1) is 15.6. The number of likely N-dealkylation sites (N-methyl/N-ethyl adjacent to an activating group) is 1. The molecule has 1 atom stereocenters. The largest absolute Gasteiger partial charge is 0.385 e. The summed E-state index contributed by atoms with van der Waals surface area (Å²) in [6.07, 6.45) is 5.91. The van der Waals surface area contributed by atoms with Crippen LogP contribution in [0.3, 0.4) is 0 Å². The Hall–Kier alpha value is -2.34. The molecule has 0 saturated carbocycles. The van der Waals surface area contributed by atoms with Gasteiger partial charge in [-0.05, 0) is 37.6 Å². The number of hydrogen-bond donors (Lipinski definition) is 2. The Morgan fingerprint density at radius 1 is 1.26 bits per heavy atom. The zero-order chi connectivity index (χ0) is 16.6. The van der Waals surface area contributed by atoms with Gasteiger partial charge in [0.15, 0.2) is 5.65 Å². The molecule has 0 fully saturated rings. The number of nitrogens with two attached hydrogens (primary N) is 2. The molecule has 1 aliphatic rings. The number of fused-ring (bicyclic) bond motifs is 1. The molecule has 6 nitrogen and oxygen atoms in total. The average molecular weight is 312 g/mol. The van der Waals surface area contributed by atoms with Crippen molar-refractivity contribution in [2.24, 2.45) is 11.5 Å². The van der Waals surface area contributed by atoms with E-state index >= 15 is 0 Å². The minimum absolute atomic E-state index is 0.237. The first-order chi connectivity index (χ1) is 11.0. The predicted octanol–water partition coefficient (Wildman–Crippen LogP) is 1.95. The molecule has 4 N–H and O–H groups in total. The monoisotopic (exact) mass is 312 g/mol. The van der Waals surface area contributed by atoms with Crippen LogP contribution in [0, 0.1) is 6.92 Å². The van der Waals surface area contributed by atoms with Crippen molar-refractivity contribution in [2.75, 3.05) is 7.05 Å². The Morgan fingerprint density at radius 3 is 2.74 bits per heavy atom. The van der Waals surface area contributed by atoms with E-state index < -0.39 is 0 Å². The van der Waals surface area contributed by atoms with Gasteiger partial charge in [-0.1, -0.05) is 13.3 Å². The van der Waals surface area contributed by atoms with Crippen molar-refractivity contribution in [3.8, 4) is 0 Å². The number of hydrogen-bond acceptors (Lipinski definition) is 5. The highest BCUT2D eigenvalue weighted by Crippen LogP contribution is 2.24. The molecule has 0 radical (unpaired) electrons. The molecule has 0 amide bonds. The van der Waals surface area contributed by atoms with Gasteiger partial charge >= 0.3 is 0 Å². The van der Waals surface area contributed by atoms with Crippen LogP contribution in [-0.2, 0) is 6.54 Å². The van der Waals surface area contributed by atoms with Crippen LogP contribution in [0.2, 0.25) is 0 Å². The highest BCUT2D eigenvalue weighted by atomic mass is 15.3. The number of imidazole rings is 1. The van der Waals surface area contributed by atoms with Crippen LogP contribution in [0.5, 0.6) is 0 Å². The molecule has 1 aliphatic heterocycles. The van der Waals surface area contributed by atoms with Crippen LogP contribution in [0.4, 0.5) is 0 Å². The standard InChI is InChI=1S/C17H24N6/c1-4-5-8-23-11(2)20-14-7-6-13(21-17(14)23)12-9-15(18)22(3)16(19)10-12/h6-7,9-10,15H,4-5,8,18-19H2,1-3H3. The lowest BCUT2D eigenvalue weighted by atomic mass is 10.1. The molecular formula is C17H24N6. The summed E-state index contributed by atoms with van der Waals surface area (Å²) < 4.78 is 2.19. The quantitative estimate of drug-likeness (QED) is 0.901. The minimum atomic E-state index is -0.237. The molecule has 2 aromatic rings. The number of nitrogens with zero attached hydrogens (tertiary/aromatic N) is 4. The molecule has 6 heteroatoms. The van der Waals surface area contributed by atoms with Gasteiger partial charge in [0.25, 0.3) is 0 Å². The first-order valence-corrected chi connectivity index (χ1v) is 8.03. The third-order valence-electron chi connectivity index (χ3n) is 4.32. The van der Waals surface area contributed by atoms with Gasteiger partial charge in [0.05, 0.1) is 11.9 Å². The van der Waals surface area contributed by atoms with Crippen molar-refractivity contribution in [1.29, 1.82) is 0 Å². The van der Waals surface area contributed by atoms with Crippen molar-refractivity contribution in [1.82, 2.24) is 19.4 Å². The van der Waals surface area contributed by atoms with Crippen molar-refractivity contribution in [3.05, 3.63) is 41.6 Å². The SMILES string of the molecule is CCCCn1c(C)nc2ccc(C3=CC(N)N(C)C(N)=C3)nc21. The summed E-state index contributed by atoms with van der Waals surface area (Å²) in [6.45, 7) is 5.15. The van der Waals surface area contributed by atoms with E-state index in [0.717, 1.165) is 47.6 Å². The summed E-state index contributed by atoms with van der Waals surface area (Å²) >= 11 is 0. The van der Waals surface area contributed by atoms with Crippen LogP contribution < -0.4 is 11.5 Å². The van der Waals surface area contributed by atoms with E-state index in [0.29, 0.717) is 5.82 Å². The lowest BCUT2D eigenvalue weighted by Gasteiger charge is -2.28. The van der Waals surface area contributed by atoms with Crippen LogP contribution >= 0.6 is 0 Å². The number of unbranched alkanes of at least 4 members (excludes halogenated alkanes) is 1. The van der Waals surface area contributed by atoms with Crippen LogP contribution in [0.15, 0.2) is 30.1 Å². The number of aryl methyl sites for hydroxylation is 2. The van der Waals surface area contributed by atoms with E-state index in [1.54, 1.807) is 0 Å². The molecule has 23 heavy (non-hydrogen) atoms. The summed E-state index contributed by atoms with van der Waals surface area (Å²) in [5.74, 6) is 1.65. The third-order valence-corrected chi connectivity index (χ3v) is 4.32. The summed E-state index contributed by atoms with van der Waals surface area (Å²) in [5.41, 5.74) is 15.8. The third kappa shape index (κ3) is 2.82. The highest BCUT2D eigenvalue weighted by Gasteiger charge is 2.17. The molecule has 0 bridgehead atoms. The molecule has 0 spiro atoms. The van der Waals surface area contributed by atoms with E-state index in [1.807, 2.05) is 43.2 Å². The molecule has 0 aromatic carbocycles. The molecule has 122 valence electrons. The molecule has 3 heterocycles. The molecule has 2 aromatic heterocycles. The number of allylic oxidation sites excluding steroid dienone is 2. The normalized spacial score (nSPS) is 18.3. The summed E-state index contributed by atoms with van der Waals surface area (Å²) in [6, 6.07) is 3.99. The van der Waals surface area contributed by atoms with E-state index in [4.69, 9.17) is 16.5 Å². The second kappa shape index (κ2) is 6.04. The average Bonchev–Trinajstić information content (AvgIpc) is 2.84. The summed E-state index contributed by atoms with van der Waals surface area (Å²) in [4.78, 5) is 11.3. The van der Waals surface area contributed by atoms with E-state index in [2.05, 4.69) is 16.5 Å². The van der Waals surface area contributed by atoms with Crippen LogP contribution in [0.25, 0.3) is 16.7 Å². The zero-order valence-corrected chi connectivity index (χ0v) is 14.0. The molecule has 0 aliphatic carbocycles. The van der Waals surface area contributed by atoms with Gasteiger partial charge in [-0.25, -0.2) is 9.97 Å². The lowest BCUT2D eigenvalue weighted by molar-refractivity contribution is 0.353. The van der Waals surface area contributed by atoms with Gasteiger partial charge < -0.3 is 20.9 Å². The van der Waals surface area contributed by atoms with Gasteiger partial charge in [-0.15, -0.1) is 0 Å². The molecule has 1 unspecified atom stereocenters. The van der Waals surface area contributed by atoms with Gasteiger partial charge in [-0.2, -0.15) is 0 Å². The zero-order valence-electron chi connectivity index (χ0n) is 14.0. The van der Waals surface area contributed by atoms with Crippen LogP contribution in [0.1, 0.15) is 31.3 Å². The molecular weight excluding hydrogens is 288 g/mol. The fourth-order valence-electron chi connectivity index (χ4n) is 2.80. The van der Waals surface area contributed by atoms with E-state index in [1.165, 1.54) is 0 Å². The maximum Gasteiger partial charge on any atom is 0.160 e. The van der Waals surface area contributed by atoms with Gasteiger partial charge in [0, 0.05) is 19.2 Å². The van der Waals surface area contributed by atoms with Crippen molar-refractivity contribution >= 4 is 16.7 Å². The fourth-order valence-corrected chi connectivity index (χ4v) is 2.80. The van der Waals surface area contributed by atoms with Gasteiger partial charge in [0.2, 0.25) is 0 Å². The van der Waals surface area contributed by atoms with Crippen LogP contribution in [-0.4, -0.2) is 32.6 Å². The summed E-state index contributed by atoms with van der Waals surface area (Å²) in [7, 11) is 1.88. The predicted molar refractivity (Wildman–Crippen MR) is 93.2 cm³/mol. The Balaban J connectivity index is 2.04. The summed E-state index contributed by atoms with van der Waals surface area (Å²) in [5, 5.41) is 0. The Morgan fingerprint density at radius 2 is 2.04 bits per heavy atom. The second-order valence-electron chi connectivity index (χ2n) is 6.00. The number of pyridine rings is 1. The first-order valence-electron chi connectivity index (χ1n) is 8.03. The maximum absolute atomic E-state index is 6.09. The Labute approximate surface area is 136 Å². The van der Waals surface area contributed by atoms with Crippen molar-refractivity contribution in [2.45, 2.75) is 39.4 Å².